The number of rotatable bonds is 7. The standard InChI is InChI=1S/C13H16O8/c14-6-8(15)10(17)12(19)13(20,21)11(18)9(16)7-4-2-1-3-5-7/h1-5,8,10,12,14-15,17,19-21H,6H2/t8-,10-,12+/m1/s1. The zero-order valence-corrected chi connectivity index (χ0v) is 10.8. The van der Waals surface area contributed by atoms with E-state index in [-0.39, 0.29) is 5.56 Å². The molecule has 0 saturated heterocycles. The molecule has 0 fully saturated rings. The molecule has 0 heterocycles. The van der Waals surface area contributed by atoms with Gasteiger partial charge in [0.15, 0.2) is 0 Å². The molecule has 3 atom stereocenters. The Morgan fingerprint density at radius 2 is 1.57 bits per heavy atom. The van der Waals surface area contributed by atoms with Gasteiger partial charge in [-0.25, -0.2) is 0 Å². The second kappa shape index (κ2) is 6.85. The maximum Gasteiger partial charge on any atom is 0.264 e. The molecule has 1 aromatic rings. The Morgan fingerprint density at radius 3 is 2.05 bits per heavy atom. The van der Waals surface area contributed by atoms with Crippen LogP contribution in [0.25, 0.3) is 0 Å². The molecule has 8 heteroatoms. The third kappa shape index (κ3) is 3.70. The number of aliphatic hydroxyl groups excluding tert-OH is 4. The quantitative estimate of drug-likeness (QED) is 0.179. The largest absolute Gasteiger partial charge is 0.394 e. The molecule has 0 aliphatic heterocycles. The van der Waals surface area contributed by atoms with Crippen molar-refractivity contribution in [3.8, 4) is 0 Å². The molecule has 0 aliphatic carbocycles. The minimum Gasteiger partial charge on any atom is -0.394 e. The normalized spacial score (nSPS) is 16.1. The molecule has 116 valence electrons. The van der Waals surface area contributed by atoms with E-state index in [1.54, 1.807) is 6.07 Å². The van der Waals surface area contributed by atoms with Crippen LogP contribution in [0.15, 0.2) is 30.3 Å². The third-order valence-electron chi connectivity index (χ3n) is 2.89. The van der Waals surface area contributed by atoms with Crippen LogP contribution in [-0.2, 0) is 4.79 Å². The van der Waals surface area contributed by atoms with Gasteiger partial charge in [0.2, 0.25) is 5.78 Å². The van der Waals surface area contributed by atoms with Crippen molar-refractivity contribution in [2.75, 3.05) is 6.61 Å². The van der Waals surface area contributed by atoms with E-state index in [0.717, 1.165) is 0 Å². The number of carbonyl (C=O) groups is 2. The van der Waals surface area contributed by atoms with Gasteiger partial charge in [0.1, 0.15) is 18.3 Å². The van der Waals surface area contributed by atoms with Crippen molar-refractivity contribution >= 4 is 11.6 Å². The van der Waals surface area contributed by atoms with Crippen LogP contribution in [0.2, 0.25) is 0 Å². The number of benzene rings is 1. The van der Waals surface area contributed by atoms with E-state index in [2.05, 4.69) is 0 Å². The highest BCUT2D eigenvalue weighted by molar-refractivity contribution is 6.45. The first-order chi connectivity index (χ1) is 9.73. The zero-order chi connectivity index (χ0) is 16.2. The van der Waals surface area contributed by atoms with Crippen LogP contribution < -0.4 is 0 Å². The molecular weight excluding hydrogens is 284 g/mol. The summed E-state index contributed by atoms with van der Waals surface area (Å²) in [5.41, 5.74) is -0.139. The lowest BCUT2D eigenvalue weighted by Crippen LogP contribution is -2.59. The third-order valence-corrected chi connectivity index (χ3v) is 2.89. The van der Waals surface area contributed by atoms with Gasteiger partial charge in [-0.05, 0) is 0 Å². The summed E-state index contributed by atoms with van der Waals surface area (Å²) in [6, 6.07) is 6.96. The van der Waals surface area contributed by atoms with Crippen molar-refractivity contribution in [2.45, 2.75) is 24.1 Å². The molecule has 1 rings (SSSR count). The zero-order valence-electron chi connectivity index (χ0n) is 10.8. The van der Waals surface area contributed by atoms with Crippen molar-refractivity contribution in [3.63, 3.8) is 0 Å². The second-order valence-electron chi connectivity index (χ2n) is 4.44. The number of ketones is 2. The highest BCUT2D eigenvalue weighted by Gasteiger charge is 2.49. The molecule has 0 radical (unpaired) electrons. The van der Waals surface area contributed by atoms with Crippen molar-refractivity contribution < 1.29 is 40.2 Å². The molecule has 6 N–H and O–H groups in total. The lowest BCUT2D eigenvalue weighted by molar-refractivity contribution is -0.242. The number of hydrogen-bond donors (Lipinski definition) is 6. The summed E-state index contributed by atoms with van der Waals surface area (Å²) < 4.78 is 0. The van der Waals surface area contributed by atoms with Gasteiger partial charge in [-0.15, -0.1) is 0 Å². The lowest BCUT2D eigenvalue weighted by Gasteiger charge is -2.30. The van der Waals surface area contributed by atoms with Gasteiger partial charge in [-0.3, -0.25) is 9.59 Å². The summed E-state index contributed by atoms with van der Waals surface area (Å²) in [6.45, 7) is -0.991. The Morgan fingerprint density at radius 1 is 1.05 bits per heavy atom. The van der Waals surface area contributed by atoms with Gasteiger partial charge < -0.3 is 30.6 Å². The average molecular weight is 300 g/mol. The Labute approximate surface area is 119 Å². The molecule has 0 bridgehead atoms. The van der Waals surface area contributed by atoms with Crippen molar-refractivity contribution in [2.24, 2.45) is 0 Å². The first kappa shape index (κ1) is 17.4. The highest BCUT2D eigenvalue weighted by Crippen LogP contribution is 2.17. The highest BCUT2D eigenvalue weighted by atomic mass is 16.5. The lowest BCUT2D eigenvalue weighted by atomic mass is 9.93. The van der Waals surface area contributed by atoms with Gasteiger partial charge >= 0.3 is 0 Å². The summed E-state index contributed by atoms with van der Waals surface area (Å²) in [7, 11) is 0. The summed E-state index contributed by atoms with van der Waals surface area (Å²) in [5, 5.41) is 55.8. The number of Topliss-reactive ketones (excluding diaryl/α,β-unsaturated/α-hetero) is 2. The Bertz CT molecular complexity index is 498. The van der Waals surface area contributed by atoms with Crippen LogP contribution in [0.4, 0.5) is 0 Å². The Kier molecular flexibility index (Phi) is 5.67. The SMILES string of the molecule is O=C(C(=O)C(O)(O)[C@@H](O)[C@H](O)[C@H](O)CO)c1ccccc1. The van der Waals surface area contributed by atoms with Crippen molar-refractivity contribution in [1.29, 1.82) is 0 Å². The average Bonchev–Trinajstić information content (AvgIpc) is 2.51. The molecular formula is C13H16O8. The van der Waals surface area contributed by atoms with Gasteiger partial charge in [-0.1, -0.05) is 30.3 Å². The van der Waals surface area contributed by atoms with E-state index in [1.165, 1.54) is 24.3 Å². The predicted molar refractivity (Wildman–Crippen MR) is 68.1 cm³/mol. The summed E-state index contributed by atoms with van der Waals surface area (Å²) >= 11 is 0. The van der Waals surface area contributed by atoms with Crippen molar-refractivity contribution in [3.05, 3.63) is 35.9 Å². The van der Waals surface area contributed by atoms with Crippen LogP contribution in [-0.4, -0.2) is 72.9 Å². The number of aliphatic hydroxyl groups is 6. The number of carbonyl (C=O) groups excluding carboxylic acids is 2. The van der Waals surface area contributed by atoms with Crippen LogP contribution >= 0.6 is 0 Å². The number of hydrogen-bond acceptors (Lipinski definition) is 8. The maximum absolute atomic E-state index is 11.8. The smallest absolute Gasteiger partial charge is 0.264 e. The van der Waals surface area contributed by atoms with Crippen LogP contribution in [0.1, 0.15) is 10.4 Å². The fourth-order valence-corrected chi connectivity index (χ4v) is 1.58. The van der Waals surface area contributed by atoms with E-state index in [4.69, 9.17) is 10.2 Å². The molecule has 1 aromatic carbocycles. The first-order valence-electron chi connectivity index (χ1n) is 5.97. The fourth-order valence-electron chi connectivity index (χ4n) is 1.58. The maximum atomic E-state index is 11.8. The van der Waals surface area contributed by atoms with E-state index < -0.39 is 42.3 Å². The minimum absolute atomic E-state index is 0.139. The molecule has 0 unspecified atom stereocenters. The summed E-state index contributed by atoms with van der Waals surface area (Å²) in [5.74, 6) is -6.67. The van der Waals surface area contributed by atoms with Gasteiger partial charge in [-0.2, -0.15) is 0 Å². The fraction of sp³-hybridized carbons (Fsp3) is 0.385. The van der Waals surface area contributed by atoms with Crippen LogP contribution in [0.5, 0.6) is 0 Å². The Balaban J connectivity index is 2.96. The van der Waals surface area contributed by atoms with Gasteiger partial charge in [0.25, 0.3) is 11.6 Å². The van der Waals surface area contributed by atoms with E-state index in [1.807, 2.05) is 0 Å². The van der Waals surface area contributed by atoms with Crippen LogP contribution in [0, 0.1) is 0 Å². The summed E-state index contributed by atoms with van der Waals surface area (Å²) in [6.07, 6.45) is -6.74. The molecule has 8 nitrogen and oxygen atoms in total. The predicted octanol–water partition coefficient (Wildman–Crippen LogP) is -2.81. The Hall–Kier alpha value is -1.68. The van der Waals surface area contributed by atoms with Crippen molar-refractivity contribution in [1.82, 2.24) is 0 Å². The van der Waals surface area contributed by atoms with E-state index in [9.17, 15) is 30.0 Å². The monoisotopic (exact) mass is 300 g/mol. The minimum atomic E-state index is -3.61. The molecule has 0 aliphatic rings. The second-order valence-corrected chi connectivity index (χ2v) is 4.44. The van der Waals surface area contributed by atoms with E-state index >= 15 is 0 Å². The molecule has 21 heavy (non-hydrogen) atoms. The van der Waals surface area contributed by atoms with Gasteiger partial charge in [0.05, 0.1) is 6.61 Å². The van der Waals surface area contributed by atoms with Gasteiger partial charge in [0, 0.05) is 5.56 Å². The topological polar surface area (TPSA) is 156 Å². The van der Waals surface area contributed by atoms with Crippen LogP contribution in [0.3, 0.4) is 0 Å². The summed E-state index contributed by atoms with van der Waals surface area (Å²) in [4.78, 5) is 23.5. The molecule has 0 saturated carbocycles. The molecule has 0 amide bonds. The first-order valence-corrected chi connectivity index (χ1v) is 5.97. The van der Waals surface area contributed by atoms with E-state index in [0.29, 0.717) is 0 Å². The molecule has 0 spiro atoms. The molecule has 0 aromatic heterocycles.